The Bertz CT molecular complexity index is 819. The zero-order valence-electron chi connectivity index (χ0n) is 13.1. The van der Waals surface area contributed by atoms with E-state index >= 15 is 0 Å². The Balaban J connectivity index is 3.13. The van der Waals surface area contributed by atoms with Gasteiger partial charge in [0.2, 0.25) is 0 Å². The molecule has 21 heavy (non-hydrogen) atoms. The summed E-state index contributed by atoms with van der Waals surface area (Å²) in [7, 11) is 4.81. The first-order chi connectivity index (χ1) is 10.2. The number of hydrogen-bond donors (Lipinski definition) is 1. The second kappa shape index (κ2) is 6.48. The van der Waals surface area contributed by atoms with Gasteiger partial charge in [-0.1, -0.05) is 18.7 Å². The molecule has 106 valence electrons. The van der Waals surface area contributed by atoms with Gasteiger partial charge in [-0.25, -0.2) is 4.98 Å². The molecular formula is C15H20B2N4. The third kappa shape index (κ3) is 2.53. The Hall–Kier alpha value is -2.23. The van der Waals surface area contributed by atoms with Crippen LogP contribution >= 0.6 is 0 Å². The van der Waals surface area contributed by atoms with E-state index in [1.807, 2.05) is 33.2 Å². The molecule has 0 aliphatic rings. The molecule has 0 aromatic carbocycles. The molecule has 1 N–H and O–H groups in total. The molecule has 2 aromatic rings. The van der Waals surface area contributed by atoms with Crippen LogP contribution in [0.3, 0.4) is 0 Å². The van der Waals surface area contributed by atoms with Crippen molar-refractivity contribution < 1.29 is 0 Å². The SMILES string of the molecule is BBc1nc(=C/NC)/c(=C\C)n2c(/C=C\C)c(C=C)nc12. The van der Waals surface area contributed by atoms with E-state index in [2.05, 4.69) is 36.2 Å². The van der Waals surface area contributed by atoms with Gasteiger partial charge in [0.1, 0.15) is 18.2 Å². The number of nitrogens with one attached hydrogen (secondary N) is 1. The fourth-order valence-electron chi connectivity index (χ4n) is 2.48. The van der Waals surface area contributed by atoms with Crippen molar-refractivity contribution in [3.05, 3.63) is 34.7 Å². The van der Waals surface area contributed by atoms with Crippen molar-refractivity contribution in [2.24, 2.45) is 0 Å². The van der Waals surface area contributed by atoms with E-state index in [1.54, 1.807) is 6.08 Å². The minimum absolute atomic E-state index is 0.834. The zero-order chi connectivity index (χ0) is 15.4. The summed E-state index contributed by atoms with van der Waals surface area (Å²) in [4.78, 5) is 9.45. The van der Waals surface area contributed by atoms with Gasteiger partial charge < -0.3 is 5.32 Å². The molecule has 0 atom stereocenters. The van der Waals surface area contributed by atoms with E-state index in [0.717, 1.165) is 40.5 Å². The van der Waals surface area contributed by atoms with Crippen LogP contribution in [0.4, 0.5) is 0 Å². The average Bonchev–Trinajstić information content (AvgIpc) is 2.86. The maximum atomic E-state index is 4.74. The minimum Gasteiger partial charge on any atom is -0.392 e. The van der Waals surface area contributed by atoms with E-state index in [0.29, 0.717) is 0 Å². The van der Waals surface area contributed by atoms with Crippen LogP contribution in [0, 0.1) is 0 Å². The molecule has 0 spiro atoms. The third-order valence-electron chi connectivity index (χ3n) is 3.37. The monoisotopic (exact) mass is 278 g/mol. The van der Waals surface area contributed by atoms with Crippen molar-refractivity contribution >= 4 is 50.6 Å². The summed E-state index contributed by atoms with van der Waals surface area (Å²) in [5.74, 6) is 0. The molecule has 6 heteroatoms. The zero-order valence-corrected chi connectivity index (χ0v) is 13.1. The van der Waals surface area contributed by atoms with E-state index in [1.165, 1.54) is 0 Å². The highest BCUT2D eigenvalue weighted by molar-refractivity contribution is 6.98. The van der Waals surface area contributed by atoms with Gasteiger partial charge in [0, 0.05) is 18.8 Å². The van der Waals surface area contributed by atoms with Gasteiger partial charge in [0.15, 0.2) is 0 Å². The molecule has 2 heterocycles. The minimum atomic E-state index is 0.834. The topological polar surface area (TPSA) is 42.2 Å². The fraction of sp³-hybridized carbons (Fsp3) is 0.200. The van der Waals surface area contributed by atoms with Crippen molar-refractivity contribution in [3.63, 3.8) is 0 Å². The maximum Gasteiger partial charge on any atom is 0.149 e. The number of imidazole rings is 1. The maximum absolute atomic E-state index is 4.74. The fourth-order valence-corrected chi connectivity index (χ4v) is 2.48. The summed E-state index contributed by atoms with van der Waals surface area (Å²) in [5, 5.41) is 5.02. The van der Waals surface area contributed by atoms with Gasteiger partial charge >= 0.3 is 0 Å². The van der Waals surface area contributed by atoms with E-state index in [-0.39, 0.29) is 0 Å². The third-order valence-corrected chi connectivity index (χ3v) is 3.37. The Kier molecular flexibility index (Phi) is 4.68. The number of nitrogens with zero attached hydrogens (tertiary/aromatic N) is 3. The standard InChI is InChI=1S/C15H20B2N4/c1-5-8-13-10(6-2)20-15-14(17-16)19-11(9-18-4)12(7-3)21(13)15/h5-9,17-18H,2,16H2,1,3-4H3/b8-5-,11-9+,12-7+. The summed E-state index contributed by atoms with van der Waals surface area (Å²) < 4.78 is 2.16. The second-order valence-corrected chi connectivity index (χ2v) is 4.65. The summed E-state index contributed by atoms with van der Waals surface area (Å²) in [5.41, 5.74) is 3.82. The molecule has 0 aliphatic carbocycles. The van der Waals surface area contributed by atoms with Gasteiger partial charge in [-0.2, -0.15) is 0 Å². The first-order valence-electron chi connectivity index (χ1n) is 7.22. The van der Waals surface area contributed by atoms with Crippen LogP contribution in [0.15, 0.2) is 12.7 Å². The lowest BCUT2D eigenvalue weighted by atomic mass is 9.53. The lowest BCUT2D eigenvalue weighted by Crippen LogP contribution is -2.43. The highest BCUT2D eigenvalue weighted by Crippen LogP contribution is 2.11. The predicted octanol–water partition coefficient (Wildman–Crippen LogP) is -1.23. The summed E-state index contributed by atoms with van der Waals surface area (Å²) in [6.45, 7) is 7.90. The van der Waals surface area contributed by atoms with Crippen LogP contribution in [0.2, 0.25) is 0 Å². The van der Waals surface area contributed by atoms with Crippen LogP contribution in [0.25, 0.3) is 30.1 Å². The second-order valence-electron chi connectivity index (χ2n) is 4.65. The van der Waals surface area contributed by atoms with Crippen molar-refractivity contribution in [1.82, 2.24) is 19.7 Å². The largest absolute Gasteiger partial charge is 0.392 e. The van der Waals surface area contributed by atoms with Crippen LogP contribution in [-0.2, 0) is 0 Å². The smallest absolute Gasteiger partial charge is 0.149 e. The van der Waals surface area contributed by atoms with Crippen LogP contribution < -0.4 is 21.6 Å². The van der Waals surface area contributed by atoms with Gasteiger partial charge in [-0.05, 0) is 26.0 Å². The van der Waals surface area contributed by atoms with Crippen LogP contribution in [-0.4, -0.2) is 36.3 Å². The van der Waals surface area contributed by atoms with Crippen LogP contribution in [0.1, 0.15) is 25.2 Å². The summed E-state index contributed by atoms with van der Waals surface area (Å²) in [6, 6.07) is 0. The first-order valence-corrected chi connectivity index (χ1v) is 7.22. The van der Waals surface area contributed by atoms with Crippen molar-refractivity contribution in [1.29, 1.82) is 0 Å². The van der Waals surface area contributed by atoms with E-state index in [9.17, 15) is 0 Å². The highest BCUT2D eigenvalue weighted by Gasteiger charge is 2.13. The molecule has 2 rings (SSSR count). The van der Waals surface area contributed by atoms with Crippen molar-refractivity contribution in [3.8, 4) is 0 Å². The molecule has 0 bridgehead atoms. The Labute approximate surface area is 126 Å². The normalized spacial score (nSPS) is 13.3. The average molecular weight is 278 g/mol. The Morgan fingerprint density at radius 3 is 2.62 bits per heavy atom. The van der Waals surface area contributed by atoms with Gasteiger partial charge in [0.25, 0.3) is 0 Å². The molecule has 2 aromatic heterocycles. The molecule has 0 saturated carbocycles. The molecule has 0 fully saturated rings. The number of fused-ring (bicyclic) bond motifs is 1. The van der Waals surface area contributed by atoms with Gasteiger partial charge in [-0.15, -0.1) is 0 Å². The van der Waals surface area contributed by atoms with Gasteiger partial charge in [-0.3, -0.25) is 9.38 Å². The Morgan fingerprint density at radius 2 is 2.10 bits per heavy atom. The van der Waals surface area contributed by atoms with Crippen LogP contribution in [0.5, 0.6) is 0 Å². The quantitative estimate of drug-likeness (QED) is 0.712. The number of hydrogen-bond acceptors (Lipinski definition) is 3. The first kappa shape index (κ1) is 15.2. The van der Waals surface area contributed by atoms with Crippen molar-refractivity contribution in [2.45, 2.75) is 13.8 Å². The predicted molar refractivity (Wildman–Crippen MR) is 96.0 cm³/mol. The number of aromatic nitrogens is 3. The van der Waals surface area contributed by atoms with Crippen molar-refractivity contribution in [2.75, 3.05) is 7.05 Å². The van der Waals surface area contributed by atoms with E-state index in [4.69, 9.17) is 9.97 Å². The number of rotatable bonds is 4. The molecule has 0 amide bonds. The lowest BCUT2D eigenvalue weighted by molar-refractivity contribution is 1.02. The molecular weight excluding hydrogens is 258 g/mol. The molecule has 0 aliphatic heterocycles. The molecule has 0 unspecified atom stereocenters. The molecule has 0 saturated heterocycles. The summed E-state index contributed by atoms with van der Waals surface area (Å²) >= 11 is 0. The van der Waals surface area contributed by atoms with Gasteiger partial charge in [0.05, 0.1) is 24.5 Å². The lowest BCUT2D eigenvalue weighted by Gasteiger charge is -2.05. The Morgan fingerprint density at radius 1 is 1.33 bits per heavy atom. The molecule has 0 radical (unpaired) electrons. The number of allylic oxidation sites excluding steroid dienone is 1. The molecule has 4 nitrogen and oxygen atoms in total. The summed E-state index contributed by atoms with van der Waals surface area (Å²) in [6.07, 6.45) is 9.85. The highest BCUT2D eigenvalue weighted by atomic mass is 15.1. The van der Waals surface area contributed by atoms with E-state index < -0.39 is 0 Å².